The molecule has 5 rings (SSSR count). The summed E-state index contributed by atoms with van der Waals surface area (Å²) in [5.74, 6) is -1.08. The van der Waals surface area contributed by atoms with Crippen molar-refractivity contribution in [2.24, 2.45) is 11.8 Å². The molecule has 24 heavy (non-hydrogen) atoms. The second-order valence-corrected chi connectivity index (χ2v) is 7.66. The summed E-state index contributed by atoms with van der Waals surface area (Å²) in [5, 5.41) is 0. The van der Waals surface area contributed by atoms with Gasteiger partial charge in [0.25, 0.3) is 5.91 Å². The third kappa shape index (κ3) is 2.94. The van der Waals surface area contributed by atoms with E-state index in [0.29, 0.717) is 25.0 Å². The molecule has 3 saturated heterocycles. The zero-order valence-corrected chi connectivity index (χ0v) is 13.9. The van der Waals surface area contributed by atoms with Gasteiger partial charge in [-0.3, -0.25) is 9.69 Å². The van der Waals surface area contributed by atoms with Crippen LogP contribution in [0.25, 0.3) is 0 Å². The maximum atomic E-state index is 14.0. The van der Waals surface area contributed by atoms with Gasteiger partial charge in [0.2, 0.25) is 0 Å². The normalized spacial score (nSPS) is 27.8. The molecule has 3 heterocycles. The number of rotatable bonds is 3. The van der Waals surface area contributed by atoms with Crippen LogP contribution in [-0.4, -0.2) is 47.9 Å². The van der Waals surface area contributed by atoms with Crippen LogP contribution < -0.4 is 0 Å². The number of hydrogen-bond donors (Lipinski definition) is 0. The Morgan fingerprint density at radius 3 is 2.67 bits per heavy atom. The summed E-state index contributed by atoms with van der Waals surface area (Å²) in [6.07, 6.45) is 6.22. The summed E-state index contributed by atoms with van der Waals surface area (Å²) < 4.78 is 27.4. The van der Waals surface area contributed by atoms with Crippen LogP contribution in [0.15, 0.2) is 18.2 Å². The van der Waals surface area contributed by atoms with E-state index in [2.05, 4.69) is 4.90 Å². The van der Waals surface area contributed by atoms with E-state index in [9.17, 15) is 13.6 Å². The largest absolute Gasteiger partial charge is 0.337 e. The number of fused-ring (bicyclic) bond motifs is 4. The molecule has 0 aromatic heterocycles. The molecule has 0 spiro atoms. The van der Waals surface area contributed by atoms with Crippen LogP contribution in [-0.2, 0) is 0 Å². The molecule has 1 aromatic carbocycles. The van der Waals surface area contributed by atoms with Crippen molar-refractivity contribution in [2.45, 2.75) is 38.1 Å². The molecule has 4 fully saturated rings. The van der Waals surface area contributed by atoms with Crippen molar-refractivity contribution in [1.29, 1.82) is 0 Å². The van der Waals surface area contributed by atoms with Crippen molar-refractivity contribution in [1.82, 2.24) is 9.80 Å². The molecule has 130 valence electrons. The molecule has 1 saturated carbocycles. The minimum Gasteiger partial charge on any atom is -0.337 e. The highest BCUT2D eigenvalue weighted by molar-refractivity contribution is 5.94. The molecule has 4 aliphatic rings. The van der Waals surface area contributed by atoms with Crippen molar-refractivity contribution >= 4 is 5.91 Å². The van der Waals surface area contributed by atoms with Gasteiger partial charge in [-0.25, -0.2) is 8.78 Å². The fourth-order valence-electron chi connectivity index (χ4n) is 4.41. The fraction of sp³-hybridized carbons (Fsp3) is 0.632. The average Bonchev–Trinajstić information content (AvgIpc) is 2.84. The molecule has 0 N–H and O–H groups in total. The van der Waals surface area contributed by atoms with E-state index in [4.69, 9.17) is 0 Å². The number of amides is 1. The van der Waals surface area contributed by atoms with Gasteiger partial charge in [-0.1, -0.05) is 12.5 Å². The Morgan fingerprint density at radius 1 is 1.08 bits per heavy atom. The lowest BCUT2D eigenvalue weighted by Crippen LogP contribution is -2.47. The monoisotopic (exact) mass is 334 g/mol. The van der Waals surface area contributed by atoms with Crippen molar-refractivity contribution < 1.29 is 13.6 Å². The average molecular weight is 334 g/mol. The third-order valence-electron chi connectivity index (χ3n) is 6.01. The van der Waals surface area contributed by atoms with Crippen molar-refractivity contribution in [3.05, 3.63) is 35.4 Å². The Balaban J connectivity index is 1.50. The lowest BCUT2D eigenvalue weighted by atomic mass is 9.83. The maximum Gasteiger partial charge on any atom is 0.257 e. The van der Waals surface area contributed by atoms with Crippen molar-refractivity contribution in [2.75, 3.05) is 26.2 Å². The van der Waals surface area contributed by atoms with Crippen LogP contribution in [0.5, 0.6) is 0 Å². The summed E-state index contributed by atoms with van der Waals surface area (Å²) in [5.41, 5.74) is -0.137. The van der Waals surface area contributed by atoms with Gasteiger partial charge in [0.15, 0.2) is 11.6 Å². The topological polar surface area (TPSA) is 23.6 Å². The van der Waals surface area contributed by atoms with Gasteiger partial charge in [-0.15, -0.1) is 0 Å². The molecule has 0 radical (unpaired) electrons. The van der Waals surface area contributed by atoms with Gasteiger partial charge in [0.1, 0.15) is 0 Å². The lowest BCUT2D eigenvalue weighted by Gasteiger charge is -2.40. The van der Waals surface area contributed by atoms with Gasteiger partial charge in [-0.05, 0) is 49.7 Å². The van der Waals surface area contributed by atoms with Gasteiger partial charge in [0.05, 0.1) is 5.56 Å². The Labute approximate surface area is 141 Å². The first-order valence-corrected chi connectivity index (χ1v) is 9.09. The molecule has 2 atom stereocenters. The number of benzene rings is 1. The van der Waals surface area contributed by atoms with Crippen LogP contribution in [0, 0.1) is 23.5 Å². The Hall–Kier alpha value is -1.49. The molecule has 1 aromatic rings. The molecule has 1 amide bonds. The predicted octanol–water partition coefficient (Wildman–Crippen LogP) is 3.30. The first kappa shape index (κ1) is 16.0. The van der Waals surface area contributed by atoms with E-state index in [0.717, 1.165) is 37.9 Å². The minimum atomic E-state index is -1.02. The first-order valence-electron chi connectivity index (χ1n) is 9.09. The number of carbonyl (C=O) groups excluding carboxylic acids is 1. The van der Waals surface area contributed by atoms with E-state index in [1.807, 2.05) is 0 Å². The number of piperidine rings is 1. The molecular formula is C19H24F2N2O. The minimum absolute atomic E-state index is 0.137. The van der Waals surface area contributed by atoms with Crippen LogP contribution in [0.3, 0.4) is 0 Å². The second kappa shape index (κ2) is 6.43. The summed E-state index contributed by atoms with van der Waals surface area (Å²) >= 11 is 0. The van der Waals surface area contributed by atoms with Crippen molar-refractivity contribution in [3.8, 4) is 0 Å². The summed E-state index contributed by atoms with van der Waals surface area (Å²) in [7, 11) is 0. The quantitative estimate of drug-likeness (QED) is 0.847. The standard InChI is InChI=1S/C19H24F2N2O/c20-17-6-2-5-16(18(17)21)19(24)23-11-14-7-8-15(12-23)22(10-14)9-13-3-1-4-13/h2,5-6,13-15H,1,3-4,7-12H2/t14-,15-/m0/s1. The number of nitrogens with zero attached hydrogens (tertiary/aromatic N) is 2. The zero-order valence-electron chi connectivity index (χ0n) is 13.9. The van der Waals surface area contributed by atoms with Crippen LogP contribution in [0.1, 0.15) is 42.5 Å². The zero-order chi connectivity index (χ0) is 16.7. The van der Waals surface area contributed by atoms with E-state index < -0.39 is 11.6 Å². The molecule has 5 heteroatoms. The molecule has 3 aliphatic heterocycles. The molecule has 2 bridgehead atoms. The molecular weight excluding hydrogens is 310 g/mol. The first-order chi connectivity index (χ1) is 11.6. The van der Waals surface area contributed by atoms with Crippen molar-refractivity contribution in [3.63, 3.8) is 0 Å². The highest BCUT2D eigenvalue weighted by Gasteiger charge is 2.38. The number of carbonyl (C=O) groups is 1. The van der Waals surface area contributed by atoms with Crippen LogP contribution in [0.4, 0.5) is 8.78 Å². The van der Waals surface area contributed by atoms with Crippen LogP contribution >= 0.6 is 0 Å². The van der Waals surface area contributed by atoms with E-state index in [-0.39, 0.29) is 11.5 Å². The van der Waals surface area contributed by atoms with Gasteiger partial charge in [0, 0.05) is 32.2 Å². The van der Waals surface area contributed by atoms with E-state index in [1.165, 1.54) is 31.4 Å². The summed E-state index contributed by atoms with van der Waals surface area (Å²) in [6, 6.07) is 4.21. The molecule has 3 nitrogen and oxygen atoms in total. The second-order valence-electron chi connectivity index (χ2n) is 7.66. The van der Waals surface area contributed by atoms with E-state index >= 15 is 0 Å². The Bertz CT molecular complexity index is 632. The SMILES string of the molecule is O=C(c1cccc(F)c1F)N1C[C@H]2CC[C@@H](C1)N(CC1CCC1)C2. The Kier molecular flexibility index (Phi) is 4.29. The highest BCUT2D eigenvalue weighted by atomic mass is 19.2. The predicted molar refractivity (Wildman–Crippen MR) is 87.7 cm³/mol. The number of hydrogen-bond acceptors (Lipinski definition) is 2. The lowest BCUT2D eigenvalue weighted by molar-refractivity contribution is 0.0712. The smallest absolute Gasteiger partial charge is 0.257 e. The third-order valence-corrected chi connectivity index (χ3v) is 6.01. The highest BCUT2D eigenvalue weighted by Crippen LogP contribution is 2.33. The van der Waals surface area contributed by atoms with E-state index in [1.54, 1.807) is 4.90 Å². The van der Waals surface area contributed by atoms with Gasteiger partial charge < -0.3 is 4.90 Å². The van der Waals surface area contributed by atoms with Gasteiger partial charge >= 0.3 is 0 Å². The van der Waals surface area contributed by atoms with Gasteiger partial charge in [-0.2, -0.15) is 0 Å². The molecule has 1 aliphatic carbocycles. The maximum absolute atomic E-state index is 14.0. The molecule has 0 unspecified atom stereocenters. The summed E-state index contributed by atoms with van der Waals surface area (Å²) in [4.78, 5) is 17.0. The Morgan fingerprint density at radius 2 is 1.92 bits per heavy atom. The van der Waals surface area contributed by atoms with Crippen LogP contribution in [0.2, 0.25) is 0 Å². The number of halogens is 2. The fourth-order valence-corrected chi connectivity index (χ4v) is 4.41. The summed E-state index contributed by atoms with van der Waals surface area (Å²) in [6.45, 7) is 3.47.